The maximum absolute atomic E-state index is 12.7. The summed E-state index contributed by atoms with van der Waals surface area (Å²) >= 11 is 0. The number of carboxylic acid groups (broad SMARTS) is 1. The van der Waals surface area contributed by atoms with Crippen molar-refractivity contribution in [3.05, 3.63) is 34.4 Å². The van der Waals surface area contributed by atoms with Crippen molar-refractivity contribution in [1.29, 1.82) is 5.53 Å². The number of para-hydroxylation sites is 1. The minimum Gasteiger partial charge on any atom is -0.465 e. The molecule has 3 N–H and O–H groups in total. The molecular weight excluding hydrogens is 344 g/mol. The van der Waals surface area contributed by atoms with Crippen LogP contribution < -0.4 is 10.2 Å². The van der Waals surface area contributed by atoms with Crippen molar-refractivity contribution in [2.24, 2.45) is 5.11 Å². The third-order valence-corrected chi connectivity index (χ3v) is 5.33. The molecule has 128 valence electrons. The number of carbonyl (C=O) groups is 1. The van der Waals surface area contributed by atoms with Crippen molar-refractivity contribution in [2.45, 2.75) is 17.0 Å². The lowest BCUT2D eigenvalue weighted by atomic mass is 10.2. The second-order valence-electron chi connectivity index (χ2n) is 4.89. The SMILES string of the molecule is N=[N+]=NC1CN(S(=O)(=O)c2ccccc2[N+](=O)[O-])CC1NC(=O)O. The molecule has 12 nitrogen and oxygen atoms in total. The van der Waals surface area contributed by atoms with Gasteiger partial charge in [0, 0.05) is 19.2 Å². The van der Waals surface area contributed by atoms with Gasteiger partial charge in [-0.15, -0.1) is 0 Å². The molecule has 2 atom stereocenters. The van der Waals surface area contributed by atoms with E-state index in [1.54, 1.807) is 0 Å². The van der Waals surface area contributed by atoms with Gasteiger partial charge in [0.05, 0.1) is 11.0 Å². The Morgan fingerprint density at radius 3 is 2.71 bits per heavy atom. The Balaban J connectivity index is 2.39. The number of nitro groups is 1. The molecule has 24 heavy (non-hydrogen) atoms. The summed E-state index contributed by atoms with van der Waals surface area (Å²) < 4.78 is 26.2. The van der Waals surface area contributed by atoms with Gasteiger partial charge < -0.3 is 10.4 Å². The minimum absolute atomic E-state index is 0.248. The van der Waals surface area contributed by atoms with Gasteiger partial charge in [-0.1, -0.05) is 12.1 Å². The van der Waals surface area contributed by atoms with Crippen molar-refractivity contribution >= 4 is 21.8 Å². The van der Waals surface area contributed by atoms with Gasteiger partial charge in [0.25, 0.3) is 5.69 Å². The Morgan fingerprint density at radius 1 is 1.46 bits per heavy atom. The average molecular weight is 357 g/mol. The summed E-state index contributed by atoms with van der Waals surface area (Å²) in [4.78, 5) is 23.3. The highest BCUT2D eigenvalue weighted by Crippen LogP contribution is 2.29. The second-order valence-corrected chi connectivity index (χ2v) is 6.79. The molecule has 1 aromatic rings. The maximum atomic E-state index is 12.7. The van der Waals surface area contributed by atoms with Crippen molar-refractivity contribution in [1.82, 2.24) is 14.5 Å². The van der Waals surface area contributed by atoms with E-state index in [0.717, 1.165) is 16.4 Å². The lowest BCUT2D eigenvalue weighted by Crippen LogP contribution is -2.41. The summed E-state index contributed by atoms with van der Waals surface area (Å²) in [6.07, 6.45) is -1.38. The van der Waals surface area contributed by atoms with Crippen LogP contribution in [0.1, 0.15) is 0 Å². The zero-order chi connectivity index (χ0) is 17.9. The number of sulfonamides is 1. The predicted octanol–water partition coefficient (Wildman–Crippen LogP) is 0.154. The number of nitrogens with one attached hydrogen (secondary N) is 2. The minimum atomic E-state index is -4.24. The normalized spacial score (nSPS) is 21.0. The van der Waals surface area contributed by atoms with E-state index >= 15 is 0 Å². The van der Waals surface area contributed by atoms with Crippen LogP contribution in [-0.4, -0.2) is 54.0 Å². The third-order valence-electron chi connectivity index (χ3n) is 3.45. The van der Waals surface area contributed by atoms with Gasteiger partial charge in [-0.25, -0.2) is 13.2 Å². The van der Waals surface area contributed by atoms with Crippen LogP contribution in [-0.2, 0) is 10.0 Å². The topological polar surface area (TPSA) is 180 Å². The Kier molecular flexibility index (Phi) is 4.87. The molecular formula is C11H13N6O6S+. The smallest absolute Gasteiger partial charge is 0.405 e. The lowest BCUT2D eigenvalue weighted by molar-refractivity contribution is -0.387. The quantitative estimate of drug-likeness (QED) is 0.292. The van der Waals surface area contributed by atoms with Crippen LogP contribution in [0.5, 0.6) is 0 Å². The molecule has 2 unspecified atom stereocenters. The summed E-state index contributed by atoms with van der Waals surface area (Å²) in [6, 6.07) is 3.06. The van der Waals surface area contributed by atoms with Crippen LogP contribution in [0.25, 0.3) is 0 Å². The van der Waals surface area contributed by atoms with E-state index in [-0.39, 0.29) is 13.1 Å². The molecule has 1 aliphatic heterocycles. The molecule has 1 fully saturated rings. The van der Waals surface area contributed by atoms with Crippen molar-refractivity contribution in [3.63, 3.8) is 0 Å². The fourth-order valence-corrected chi connectivity index (χ4v) is 4.05. The highest BCUT2D eigenvalue weighted by atomic mass is 32.2. The summed E-state index contributed by atoms with van der Waals surface area (Å²) in [5.74, 6) is 0. The van der Waals surface area contributed by atoms with Crippen LogP contribution >= 0.6 is 0 Å². The zero-order valence-corrected chi connectivity index (χ0v) is 12.9. The van der Waals surface area contributed by atoms with Crippen LogP contribution in [0.2, 0.25) is 0 Å². The number of amides is 1. The largest absolute Gasteiger partial charge is 0.465 e. The number of benzene rings is 1. The summed E-state index contributed by atoms with van der Waals surface area (Å²) in [6.45, 7) is -0.522. The third kappa shape index (κ3) is 3.37. The molecule has 0 saturated carbocycles. The first-order valence-electron chi connectivity index (χ1n) is 6.57. The van der Waals surface area contributed by atoms with Crippen LogP contribution in [0.15, 0.2) is 34.3 Å². The monoisotopic (exact) mass is 357 g/mol. The van der Waals surface area contributed by atoms with E-state index < -0.39 is 43.7 Å². The lowest BCUT2D eigenvalue weighted by Gasteiger charge is -2.16. The van der Waals surface area contributed by atoms with Gasteiger partial charge >= 0.3 is 6.09 Å². The number of hydrogen-bond donors (Lipinski definition) is 3. The van der Waals surface area contributed by atoms with E-state index in [1.807, 2.05) is 0 Å². The molecule has 1 aliphatic rings. The number of hydrogen-bond acceptors (Lipinski definition) is 7. The molecule has 1 saturated heterocycles. The molecule has 13 heteroatoms. The predicted molar refractivity (Wildman–Crippen MR) is 77.9 cm³/mol. The van der Waals surface area contributed by atoms with Gasteiger partial charge in [0.15, 0.2) is 10.9 Å². The molecule has 2 rings (SSSR count). The van der Waals surface area contributed by atoms with Crippen molar-refractivity contribution in [2.75, 3.05) is 13.1 Å². The molecule has 0 spiro atoms. The molecule has 1 heterocycles. The van der Waals surface area contributed by atoms with E-state index in [2.05, 4.69) is 15.3 Å². The maximum Gasteiger partial charge on any atom is 0.405 e. The molecule has 0 aliphatic carbocycles. The number of rotatable bonds is 5. The van der Waals surface area contributed by atoms with Gasteiger partial charge in [-0.2, -0.15) is 4.31 Å². The van der Waals surface area contributed by atoms with Crippen molar-refractivity contribution in [3.8, 4) is 0 Å². The average Bonchev–Trinajstić information content (AvgIpc) is 2.90. The Bertz CT molecular complexity index is 820. The van der Waals surface area contributed by atoms with E-state index in [9.17, 15) is 23.3 Å². The first-order chi connectivity index (χ1) is 11.3. The summed E-state index contributed by atoms with van der Waals surface area (Å²) in [5, 5.41) is 25.4. The van der Waals surface area contributed by atoms with E-state index in [0.29, 0.717) is 0 Å². The van der Waals surface area contributed by atoms with Gasteiger partial charge in [-0.05, 0) is 6.07 Å². The Hall–Kier alpha value is -2.89. The standard InChI is InChI=1S/C11H12N6O6S/c12-15-14-8-6-16(5-7(8)13-11(18)19)24(22,23)10-4-2-1-3-9(10)17(20)21/h1-4,7-8,12-13H,5-6H2/p+1. The second kappa shape index (κ2) is 6.70. The molecule has 0 bridgehead atoms. The molecule has 0 aromatic heterocycles. The Labute approximate surface area is 135 Å². The van der Waals surface area contributed by atoms with Gasteiger partial charge in [0.1, 0.15) is 10.6 Å². The first kappa shape index (κ1) is 17.5. The Morgan fingerprint density at radius 2 is 2.12 bits per heavy atom. The zero-order valence-electron chi connectivity index (χ0n) is 12.1. The van der Waals surface area contributed by atoms with Gasteiger partial charge in [0.2, 0.25) is 14.9 Å². The molecule has 1 amide bonds. The molecule has 1 aromatic carbocycles. The van der Waals surface area contributed by atoms with Crippen molar-refractivity contribution < 1.29 is 23.2 Å². The van der Waals surface area contributed by atoms with Gasteiger partial charge in [-0.3, -0.25) is 10.1 Å². The fourth-order valence-electron chi connectivity index (χ4n) is 2.40. The summed E-state index contributed by atoms with van der Waals surface area (Å²) in [7, 11) is -4.24. The van der Waals surface area contributed by atoms with Crippen LogP contribution in [0, 0.1) is 15.6 Å². The molecule has 0 radical (unpaired) electrons. The summed E-state index contributed by atoms with van der Waals surface area (Å²) in [5.41, 5.74) is 6.16. The van der Waals surface area contributed by atoms with Crippen LogP contribution in [0.3, 0.4) is 0 Å². The fraction of sp³-hybridized carbons (Fsp3) is 0.364. The highest BCUT2D eigenvalue weighted by Gasteiger charge is 2.44. The number of nitro benzene ring substituents is 1. The first-order valence-corrected chi connectivity index (χ1v) is 8.01. The number of nitrogens with zero attached hydrogens (tertiary/aromatic N) is 4. The van der Waals surface area contributed by atoms with Crippen LogP contribution in [0.4, 0.5) is 10.5 Å². The highest BCUT2D eigenvalue weighted by molar-refractivity contribution is 7.89. The van der Waals surface area contributed by atoms with E-state index in [4.69, 9.17) is 10.6 Å². The van der Waals surface area contributed by atoms with E-state index in [1.165, 1.54) is 12.1 Å².